The largest absolute Gasteiger partial charge is 0.377 e. The Kier molecular flexibility index (Phi) is 6.29. The van der Waals surface area contributed by atoms with Crippen LogP contribution in [0.2, 0.25) is 0 Å². The lowest BCUT2D eigenvalue weighted by Crippen LogP contribution is -2.49. The molecule has 0 bridgehead atoms. The van der Waals surface area contributed by atoms with E-state index < -0.39 is 10.0 Å². The molecule has 0 aliphatic carbocycles. The molecule has 1 aromatic carbocycles. The Labute approximate surface area is 154 Å². The molecule has 0 saturated carbocycles. The predicted molar refractivity (Wildman–Crippen MR) is 98.0 cm³/mol. The zero-order valence-corrected chi connectivity index (χ0v) is 15.8. The molecule has 3 N–H and O–H groups in total. The Hall–Kier alpha value is -1.48. The molecule has 2 heterocycles. The zero-order valence-electron chi connectivity index (χ0n) is 15.0. The van der Waals surface area contributed by atoms with Crippen LogP contribution in [0.1, 0.15) is 25.3 Å². The van der Waals surface area contributed by atoms with Gasteiger partial charge in [-0.3, -0.25) is 4.79 Å². The zero-order chi connectivity index (χ0) is 18.6. The standard InChI is InChI=1S/C18H27N3O4S/c1-13(15-10-19-11-15)18(22)20-9-14-4-6-17(7-5-14)26(23,24)21-12-16-3-2-8-25-16/h4-7,13,15-16,19,21H,2-3,8-12H2,1H3,(H,20,22). The summed E-state index contributed by atoms with van der Waals surface area (Å²) in [5.41, 5.74) is 0.871. The second-order valence-electron chi connectivity index (χ2n) is 7.06. The van der Waals surface area contributed by atoms with Crippen LogP contribution in [0.5, 0.6) is 0 Å². The van der Waals surface area contributed by atoms with Gasteiger partial charge in [0.1, 0.15) is 0 Å². The highest BCUT2D eigenvalue weighted by atomic mass is 32.2. The first kappa shape index (κ1) is 19.3. The molecular weight excluding hydrogens is 354 g/mol. The van der Waals surface area contributed by atoms with Crippen LogP contribution in [0, 0.1) is 11.8 Å². The number of sulfonamides is 1. The SMILES string of the molecule is CC(C(=O)NCc1ccc(S(=O)(=O)NCC2CCCO2)cc1)C1CNC1. The number of rotatable bonds is 8. The summed E-state index contributed by atoms with van der Waals surface area (Å²) in [6.45, 7) is 5.11. The van der Waals surface area contributed by atoms with Crippen molar-refractivity contribution in [3.8, 4) is 0 Å². The van der Waals surface area contributed by atoms with Crippen molar-refractivity contribution in [1.82, 2.24) is 15.4 Å². The average molecular weight is 381 g/mol. The summed E-state index contributed by atoms with van der Waals surface area (Å²) in [6.07, 6.45) is 1.83. The number of amides is 1. The van der Waals surface area contributed by atoms with Crippen molar-refractivity contribution in [1.29, 1.82) is 0 Å². The quantitative estimate of drug-likeness (QED) is 0.613. The van der Waals surface area contributed by atoms with E-state index in [1.807, 2.05) is 6.92 Å². The fourth-order valence-corrected chi connectivity index (χ4v) is 4.17. The van der Waals surface area contributed by atoms with Gasteiger partial charge in [0.05, 0.1) is 11.0 Å². The molecule has 0 spiro atoms. The van der Waals surface area contributed by atoms with Crippen molar-refractivity contribution in [2.24, 2.45) is 11.8 Å². The third-order valence-electron chi connectivity index (χ3n) is 5.16. The third-order valence-corrected chi connectivity index (χ3v) is 6.60. The van der Waals surface area contributed by atoms with E-state index in [9.17, 15) is 13.2 Å². The number of hydrogen-bond acceptors (Lipinski definition) is 5. The van der Waals surface area contributed by atoms with Gasteiger partial charge in [0.25, 0.3) is 0 Å². The molecule has 1 amide bonds. The van der Waals surface area contributed by atoms with Gasteiger partial charge in [-0.2, -0.15) is 0 Å². The Bertz CT molecular complexity index is 710. The summed E-state index contributed by atoms with van der Waals surface area (Å²) in [5.74, 6) is 0.418. The van der Waals surface area contributed by atoms with Gasteiger partial charge >= 0.3 is 0 Å². The van der Waals surface area contributed by atoms with E-state index >= 15 is 0 Å². The highest BCUT2D eigenvalue weighted by Crippen LogP contribution is 2.17. The molecular formula is C18H27N3O4S. The van der Waals surface area contributed by atoms with Crippen LogP contribution in [0.15, 0.2) is 29.2 Å². The molecule has 8 heteroatoms. The Morgan fingerprint density at radius 3 is 2.62 bits per heavy atom. The van der Waals surface area contributed by atoms with Crippen molar-refractivity contribution >= 4 is 15.9 Å². The molecule has 26 heavy (non-hydrogen) atoms. The van der Waals surface area contributed by atoms with Crippen LogP contribution in [-0.2, 0) is 26.1 Å². The van der Waals surface area contributed by atoms with Crippen LogP contribution >= 0.6 is 0 Å². The maximum atomic E-state index is 12.3. The average Bonchev–Trinajstić information content (AvgIpc) is 3.10. The van der Waals surface area contributed by atoms with Gasteiger partial charge in [0.15, 0.2) is 0 Å². The van der Waals surface area contributed by atoms with Crippen molar-refractivity contribution in [3.63, 3.8) is 0 Å². The molecule has 2 atom stereocenters. The maximum absolute atomic E-state index is 12.3. The number of carbonyl (C=O) groups excluding carboxylic acids is 1. The highest BCUT2D eigenvalue weighted by Gasteiger charge is 2.28. The summed E-state index contributed by atoms with van der Waals surface area (Å²) < 4.78 is 32.7. The Balaban J connectivity index is 1.49. The van der Waals surface area contributed by atoms with Crippen LogP contribution in [-0.4, -0.2) is 46.7 Å². The summed E-state index contributed by atoms with van der Waals surface area (Å²) in [7, 11) is -3.54. The van der Waals surface area contributed by atoms with Crippen molar-refractivity contribution in [2.75, 3.05) is 26.2 Å². The van der Waals surface area contributed by atoms with Crippen LogP contribution in [0.3, 0.4) is 0 Å². The second kappa shape index (κ2) is 8.47. The first-order valence-corrected chi connectivity index (χ1v) is 10.6. The Morgan fingerprint density at radius 1 is 1.31 bits per heavy atom. The Morgan fingerprint density at radius 2 is 2.04 bits per heavy atom. The molecule has 0 aromatic heterocycles. The predicted octanol–water partition coefficient (Wildman–Crippen LogP) is 0.616. The molecule has 2 unspecified atom stereocenters. The van der Waals surface area contributed by atoms with E-state index in [2.05, 4.69) is 15.4 Å². The lowest BCUT2D eigenvalue weighted by Gasteiger charge is -2.31. The number of benzene rings is 1. The summed E-state index contributed by atoms with van der Waals surface area (Å²) in [5, 5.41) is 6.09. The van der Waals surface area contributed by atoms with E-state index in [-0.39, 0.29) is 22.8 Å². The number of ether oxygens (including phenoxy) is 1. The number of nitrogens with one attached hydrogen (secondary N) is 3. The number of hydrogen-bond donors (Lipinski definition) is 3. The molecule has 3 rings (SSSR count). The molecule has 7 nitrogen and oxygen atoms in total. The first-order valence-electron chi connectivity index (χ1n) is 9.14. The highest BCUT2D eigenvalue weighted by molar-refractivity contribution is 7.89. The first-order chi connectivity index (χ1) is 12.5. The summed E-state index contributed by atoms with van der Waals surface area (Å²) in [4.78, 5) is 12.4. The molecule has 144 valence electrons. The number of carbonyl (C=O) groups is 1. The van der Waals surface area contributed by atoms with Crippen LogP contribution in [0.4, 0.5) is 0 Å². The van der Waals surface area contributed by atoms with Crippen molar-refractivity contribution < 1.29 is 17.9 Å². The molecule has 1 aromatic rings. The lowest BCUT2D eigenvalue weighted by atomic mass is 9.88. The van der Waals surface area contributed by atoms with Gasteiger partial charge in [-0.05, 0) is 49.5 Å². The van der Waals surface area contributed by atoms with E-state index in [1.54, 1.807) is 24.3 Å². The monoisotopic (exact) mass is 381 g/mol. The molecule has 2 aliphatic rings. The van der Waals surface area contributed by atoms with E-state index in [0.717, 1.165) is 31.5 Å². The molecule has 2 saturated heterocycles. The van der Waals surface area contributed by atoms with E-state index in [1.165, 1.54) is 0 Å². The van der Waals surface area contributed by atoms with E-state index in [0.29, 0.717) is 25.6 Å². The van der Waals surface area contributed by atoms with Gasteiger partial charge in [-0.1, -0.05) is 19.1 Å². The maximum Gasteiger partial charge on any atom is 0.240 e. The van der Waals surface area contributed by atoms with Crippen molar-refractivity contribution in [3.05, 3.63) is 29.8 Å². The normalized spacial score (nSPS) is 22.0. The minimum Gasteiger partial charge on any atom is -0.377 e. The lowest BCUT2D eigenvalue weighted by molar-refractivity contribution is -0.126. The molecule has 2 aliphatic heterocycles. The van der Waals surface area contributed by atoms with Crippen molar-refractivity contribution in [2.45, 2.75) is 37.3 Å². The minimum absolute atomic E-state index is 0.0158. The fraction of sp³-hybridized carbons (Fsp3) is 0.611. The van der Waals surface area contributed by atoms with Gasteiger partial charge in [-0.25, -0.2) is 13.1 Å². The van der Waals surface area contributed by atoms with Gasteiger partial charge in [0, 0.05) is 25.6 Å². The second-order valence-corrected chi connectivity index (χ2v) is 8.82. The molecule has 2 fully saturated rings. The topological polar surface area (TPSA) is 96.5 Å². The van der Waals surface area contributed by atoms with Gasteiger partial charge in [-0.15, -0.1) is 0 Å². The van der Waals surface area contributed by atoms with E-state index in [4.69, 9.17) is 4.74 Å². The van der Waals surface area contributed by atoms with Crippen LogP contribution < -0.4 is 15.4 Å². The van der Waals surface area contributed by atoms with Gasteiger partial charge < -0.3 is 15.4 Å². The minimum atomic E-state index is -3.54. The smallest absolute Gasteiger partial charge is 0.240 e. The molecule has 0 radical (unpaired) electrons. The van der Waals surface area contributed by atoms with Crippen LogP contribution in [0.25, 0.3) is 0 Å². The summed E-state index contributed by atoms with van der Waals surface area (Å²) >= 11 is 0. The third kappa shape index (κ3) is 4.82. The summed E-state index contributed by atoms with van der Waals surface area (Å²) in [6, 6.07) is 6.60. The fourth-order valence-electron chi connectivity index (χ4n) is 3.11. The van der Waals surface area contributed by atoms with Gasteiger partial charge in [0.2, 0.25) is 15.9 Å².